The van der Waals surface area contributed by atoms with Crippen LogP contribution in [-0.4, -0.2) is 56.0 Å². The molecule has 2 aromatic rings. The van der Waals surface area contributed by atoms with Gasteiger partial charge in [-0.05, 0) is 63.4 Å². The van der Waals surface area contributed by atoms with Crippen LogP contribution in [0.5, 0.6) is 0 Å². The number of carbonyl (C=O) groups excluding carboxylic acids is 1. The number of rotatable bonds is 10. The zero-order valence-electron chi connectivity index (χ0n) is 20.4. The predicted octanol–water partition coefficient (Wildman–Crippen LogP) is 3.59. The van der Waals surface area contributed by atoms with Crippen molar-refractivity contribution in [3.63, 3.8) is 0 Å². The first kappa shape index (κ1) is 27.4. The van der Waals surface area contributed by atoms with Gasteiger partial charge in [0.25, 0.3) is 0 Å². The van der Waals surface area contributed by atoms with Gasteiger partial charge >= 0.3 is 0 Å². The normalized spacial score (nSPS) is 18.9. The van der Waals surface area contributed by atoms with E-state index in [9.17, 15) is 22.0 Å². The molecule has 3 rings (SSSR count). The monoisotopic (exact) mass is 529 g/mol. The number of nitrogens with one attached hydrogen (secondary N) is 2. The van der Waals surface area contributed by atoms with Gasteiger partial charge in [-0.3, -0.25) is 4.79 Å². The molecule has 1 fully saturated rings. The first-order chi connectivity index (χ1) is 16.3. The molecule has 1 aliphatic rings. The maximum absolute atomic E-state index is 14.6. The van der Waals surface area contributed by atoms with Crippen LogP contribution in [0.3, 0.4) is 0 Å². The molecular formula is C23H33F2N5O3S2. The van der Waals surface area contributed by atoms with Crippen molar-refractivity contribution < 1.29 is 22.0 Å². The van der Waals surface area contributed by atoms with Crippen molar-refractivity contribution in [3.05, 3.63) is 39.8 Å². The second-order valence-electron chi connectivity index (χ2n) is 9.72. The van der Waals surface area contributed by atoms with Crippen LogP contribution in [0, 0.1) is 17.6 Å². The van der Waals surface area contributed by atoms with E-state index in [0.717, 1.165) is 23.5 Å². The minimum absolute atomic E-state index is 0.0214. The second-order valence-corrected chi connectivity index (χ2v) is 12.5. The summed E-state index contributed by atoms with van der Waals surface area (Å²) in [7, 11) is 0.245. The molecule has 1 heterocycles. The molecule has 0 aliphatic heterocycles. The molecule has 1 aromatic carbocycles. The van der Waals surface area contributed by atoms with Crippen molar-refractivity contribution in [2.45, 2.75) is 58.2 Å². The minimum Gasteiger partial charge on any atom is -0.382 e. The summed E-state index contributed by atoms with van der Waals surface area (Å²) in [5.74, 6) is -2.66. The van der Waals surface area contributed by atoms with Gasteiger partial charge in [0.1, 0.15) is 22.3 Å². The number of hydrogen-bond donors (Lipinski definition) is 3. The standard InChI is InChI=1S/C23H33F2N5O3S2/c1-13(2)12-35(32,33)29-16-7-5-15(6-8-16)27-23-28-22(26)21(34-23)20(31)19-17(24)9-14(10-18(19)25)11-30(3)4/h9-10,13,15-16,29H,5-8,11-12,26H2,1-4H3,(H,27,28)/t15-,16-. The molecule has 1 aliphatic carbocycles. The molecule has 8 nitrogen and oxygen atoms in total. The number of carbonyl (C=O) groups is 1. The molecule has 0 unspecified atom stereocenters. The van der Waals surface area contributed by atoms with Crippen LogP contribution in [0.15, 0.2) is 12.1 Å². The van der Waals surface area contributed by atoms with Crippen LogP contribution in [-0.2, 0) is 16.6 Å². The molecule has 0 bridgehead atoms. The number of ketones is 1. The largest absolute Gasteiger partial charge is 0.382 e. The minimum atomic E-state index is -3.31. The summed E-state index contributed by atoms with van der Waals surface area (Å²) in [4.78, 5) is 18.8. The Morgan fingerprint density at radius 3 is 2.29 bits per heavy atom. The van der Waals surface area contributed by atoms with Crippen molar-refractivity contribution in [1.29, 1.82) is 0 Å². The topological polar surface area (TPSA) is 117 Å². The number of halogens is 2. The second kappa shape index (κ2) is 11.3. The number of hydrogen-bond acceptors (Lipinski definition) is 8. The molecule has 0 spiro atoms. The van der Waals surface area contributed by atoms with Gasteiger partial charge in [0.15, 0.2) is 5.13 Å². The number of aromatic nitrogens is 1. The van der Waals surface area contributed by atoms with Crippen LogP contribution in [0.2, 0.25) is 0 Å². The highest BCUT2D eigenvalue weighted by Crippen LogP contribution is 2.32. The molecule has 0 atom stereocenters. The summed E-state index contributed by atoms with van der Waals surface area (Å²) in [6.07, 6.45) is 2.73. The Kier molecular flexibility index (Phi) is 8.84. The van der Waals surface area contributed by atoms with E-state index in [1.54, 1.807) is 19.0 Å². The summed E-state index contributed by atoms with van der Waals surface area (Å²) < 4.78 is 56.4. The highest BCUT2D eigenvalue weighted by molar-refractivity contribution is 7.89. The molecule has 194 valence electrons. The van der Waals surface area contributed by atoms with Gasteiger partial charge in [-0.25, -0.2) is 26.9 Å². The van der Waals surface area contributed by atoms with Gasteiger partial charge in [-0.15, -0.1) is 0 Å². The van der Waals surface area contributed by atoms with E-state index >= 15 is 0 Å². The van der Waals surface area contributed by atoms with Crippen LogP contribution < -0.4 is 15.8 Å². The maximum Gasteiger partial charge on any atom is 0.212 e. The lowest BCUT2D eigenvalue weighted by Crippen LogP contribution is -2.41. The fraction of sp³-hybridized carbons (Fsp3) is 0.565. The van der Waals surface area contributed by atoms with Crippen LogP contribution >= 0.6 is 11.3 Å². The van der Waals surface area contributed by atoms with Gasteiger partial charge in [0, 0.05) is 18.6 Å². The fourth-order valence-corrected chi connectivity index (χ4v) is 6.87. The molecular weight excluding hydrogens is 496 g/mol. The van der Waals surface area contributed by atoms with Gasteiger partial charge < -0.3 is 16.0 Å². The number of benzene rings is 1. The van der Waals surface area contributed by atoms with E-state index in [-0.39, 0.29) is 34.4 Å². The van der Waals surface area contributed by atoms with Crippen molar-refractivity contribution in [2.75, 3.05) is 30.9 Å². The third kappa shape index (κ3) is 7.42. The Morgan fingerprint density at radius 1 is 1.17 bits per heavy atom. The Labute approximate surface area is 209 Å². The SMILES string of the molecule is CC(C)CS(=O)(=O)N[C@H]1CC[C@H](Nc2nc(N)c(C(=O)c3c(F)cc(CN(C)C)cc3F)s2)CC1. The van der Waals surface area contributed by atoms with E-state index in [1.807, 2.05) is 13.8 Å². The quantitative estimate of drug-likeness (QED) is 0.403. The van der Waals surface area contributed by atoms with Crippen molar-refractivity contribution in [3.8, 4) is 0 Å². The molecule has 1 aromatic heterocycles. The van der Waals surface area contributed by atoms with Crippen LogP contribution in [0.4, 0.5) is 19.7 Å². The number of nitrogens with two attached hydrogens (primary N) is 1. The molecule has 35 heavy (non-hydrogen) atoms. The third-order valence-corrected chi connectivity index (χ3v) is 8.44. The van der Waals surface area contributed by atoms with E-state index < -0.39 is 33.0 Å². The third-order valence-electron chi connectivity index (χ3n) is 5.64. The lowest BCUT2D eigenvalue weighted by Gasteiger charge is -2.29. The van der Waals surface area contributed by atoms with E-state index in [2.05, 4.69) is 15.0 Å². The lowest BCUT2D eigenvalue weighted by molar-refractivity contribution is 0.103. The molecule has 0 saturated heterocycles. The fourth-order valence-electron chi connectivity index (χ4n) is 4.24. The van der Waals surface area contributed by atoms with E-state index in [1.165, 1.54) is 0 Å². The summed E-state index contributed by atoms with van der Waals surface area (Å²) in [6, 6.07) is 2.21. The van der Waals surface area contributed by atoms with Gasteiger partial charge in [-0.2, -0.15) is 0 Å². The highest BCUT2D eigenvalue weighted by Gasteiger charge is 2.28. The molecule has 0 radical (unpaired) electrons. The maximum atomic E-state index is 14.6. The molecule has 4 N–H and O–H groups in total. The van der Waals surface area contributed by atoms with E-state index in [4.69, 9.17) is 5.73 Å². The number of nitrogens with zero attached hydrogens (tertiary/aromatic N) is 2. The van der Waals surface area contributed by atoms with Gasteiger partial charge in [-0.1, -0.05) is 25.2 Å². The molecule has 12 heteroatoms. The van der Waals surface area contributed by atoms with Gasteiger partial charge in [0.2, 0.25) is 15.8 Å². The zero-order valence-corrected chi connectivity index (χ0v) is 22.0. The summed E-state index contributed by atoms with van der Waals surface area (Å²) in [5, 5.41) is 3.62. The van der Waals surface area contributed by atoms with Gasteiger partial charge in [0.05, 0.1) is 11.3 Å². The van der Waals surface area contributed by atoms with Crippen molar-refractivity contribution >= 4 is 38.1 Å². The van der Waals surface area contributed by atoms with Crippen LogP contribution in [0.25, 0.3) is 0 Å². The highest BCUT2D eigenvalue weighted by atomic mass is 32.2. The summed E-state index contributed by atoms with van der Waals surface area (Å²) in [5.41, 5.74) is 5.69. The lowest BCUT2D eigenvalue weighted by atomic mass is 9.92. The summed E-state index contributed by atoms with van der Waals surface area (Å²) >= 11 is 0.956. The van der Waals surface area contributed by atoms with Crippen LogP contribution in [0.1, 0.15) is 60.3 Å². The number of thiazole rings is 1. The Morgan fingerprint density at radius 2 is 1.74 bits per heavy atom. The number of nitrogen functional groups attached to an aromatic ring is 1. The Balaban J connectivity index is 1.64. The first-order valence-corrected chi connectivity index (χ1v) is 14.0. The number of anilines is 2. The summed E-state index contributed by atoms with van der Waals surface area (Å²) in [6.45, 7) is 4.06. The van der Waals surface area contributed by atoms with Crippen molar-refractivity contribution in [1.82, 2.24) is 14.6 Å². The average molecular weight is 530 g/mol. The number of sulfonamides is 1. The molecule has 0 amide bonds. The smallest absolute Gasteiger partial charge is 0.212 e. The zero-order chi connectivity index (χ0) is 25.9. The predicted molar refractivity (Wildman–Crippen MR) is 135 cm³/mol. The van der Waals surface area contributed by atoms with E-state index in [0.29, 0.717) is 42.9 Å². The molecule has 1 saturated carbocycles. The Hall–Kier alpha value is -2.15. The van der Waals surface area contributed by atoms with Crippen molar-refractivity contribution in [2.24, 2.45) is 5.92 Å². The Bertz CT molecular complexity index is 1140. The first-order valence-electron chi connectivity index (χ1n) is 11.5. The average Bonchev–Trinajstić information content (AvgIpc) is 3.07.